The quantitative estimate of drug-likeness (QED) is 0.721. The number of carbonyl (C=O) groups is 1. The molecule has 3 aromatic rings. The highest BCUT2D eigenvalue weighted by Gasteiger charge is 2.12. The van der Waals surface area contributed by atoms with Crippen LogP contribution in [0.25, 0.3) is 5.69 Å². The van der Waals surface area contributed by atoms with E-state index in [1.807, 2.05) is 0 Å². The number of carboxylic acids is 1. The lowest BCUT2D eigenvalue weighted by Crippen LogP contribution is -2.21. The molecule has 144 valence electrons. The molecular formula is C21H17F2NO4. The van der Waals surface area contributed by atoms with Gasteiger partial charge in [0.25, 0.3) is 5.56 Å². The third kappa shape index (κ3) is 3.93. The molecule has 7 heteroatoms. The zero-order valence-electron chi connectivity index (χ0n) is 15.2. The van der Waals surface area contributed by atoms with E-state index in [1.165, 1.54) is 28.8 Å². The van der Waals surface area contributed by atoms with Crippen LogP contribution in [0.1, 0.15) is 27.2 Å². The highest BCUT2D eigenvalue weighted by atomic mass is 19.1. The number of hydrogen-bond acceptors (Lipinski definition) is 3. The molecule has 0 amide bonds. The molecule has 0 fully saturated rings. The predicted octanol–water partition coefficient (Wildman–Crippen LogP) is 4.01. The number of rotatable bonds is 5. The van der Waals surface area contributed by atoms with E-state index in [-0.39, 0.29) is 29.0 Å². The Labute approximate surface area is 159 Å². The first kappa shape index (κ1) is 19.3. The van der Waals surface area contributed by atoms with Crippen LogP contribution in [0.2, 0.25) is 0 Å². The van der Waals surface area contributed by atoms with Gasteiger partial charge in [0.15, 0.2) is 0 Å². The van der Waals surface area contributed by atoms with Crippen LogP contribution in [0.5, 0.6) is 5.75 Å². The van der Waals surface area contributed by atoms with E-state index in [0.717, 1.165) is 12.1 Å². The minimum atomic E-state index is -1.05. The minimum Gasteiger partial charge on any atom is -0.489 e. The Bertz CT molecular complexity index is 1120. The summed E-state index contributed by atoms with van der Waals surface area (Å²) in [6.45, 7) is 3.27. The number of aromatic carboxylic acids is 1. The maximum atomic E-state index is 13.7. The highest BCUT2D eigenvalue weighted by Crippen LogP contribution is 2.20. The van der Waals surface area contributed by atoms with Crippen LogP contribution in [-0.2, 0) is 6.61 Å². The number of carboxylic acid groups (broad SMARTS) is 1. The van der Waals surface area contributed by atoms with Gasteiger partial charge in [0.2, 0.25) is 0 Å². The maximum Gasteiger partial charge on any atom is 0.335 e. The van der Waals surface area contributed by atoms with Gasteiger partial charge < -0.3 is 9.84 Å². The van der Waals surface area contributed by atoms with Crippen molar-refractivity contribution in [1.29, 1.82) is 0 Å². The summed E-state index contributed by atoms with van der Waals surface area (Å²) in [6.07, 6.45) is 0. The lowest BCUT2D eigenvalue weighted by molar-refractivity contribution is 0.0697. The Kier molecular flexibility index (Phi) is 5.26. The summed E-state index contributed by atoms with van der Waals surface area (Å²) in [5.74, 6) is -2.19. The van der Waals surface area contributed by atoms with Gasteiger partial charge in [-0.25, -0.2) is 13.6 Å². The predicted molar refractivity (Wildman–Crippen MR) is 99.2 cm³/mol. The summed E-state index contributed by atoms with van der Waals surface area (Å²) in [5, 5.41) is 9.07. The van der Waals surface area contributed by atoms with Gasteiger partial charge in [0.1, 0.15) is 24.0 Å². The van der Waals surface area contributed by atoms with E-state index in [0.29, 0.717) is 16.9 Å². The van der Waals surface area contributed by atoms with Gasteiger partial charge in [-0.2, -0.15) is 0 Å². The van der Waals surface area contributed by atoms with Crippen molar-refractivity contribution in [1.82, 2.24) is 4.57 Å². The normalized spacial score (nSPS) is 10.7. The molecule has 1 heterocycles. The summed E-state index contributed by atoms with van der Waals surface area (Å²) in [6, 6.07) is 10.6. The van der Waals surface area contributed by atoms with Crippen LogP contribution in [0, 0.1) is 25.5 Å². The van der Waals surface area contributed by atoms with Crippen molar-refractivity contribution in [2.45, 2.75) is 20.5 Å². The van der Waals surface area contributed by atoms with Crippen molar-refractivity contribution >= 4 is 5.97 Å². The van der Waals surface area contributed by atoms with Gasteiger partial charge in [-0.05, 0) is 49.7 Å². The first-order chi connectivity index (χ1) is 13.3. The van der Waals surface area contributed by atoms with Crippen LogP contribution in [-0.4, -0.2) is 15.6 Å². The van der Waals surface area contributed by atoms with Gasteiger partial charge in [-0.15, -0.1) is 0 Å². The minimum absolute atomic E-state index is 0.133. The van der Waals surface area contributed by atoms with Crippen LogP contribution < -0.4 is 10.3 Å². The fourth-order valence-electron chi connectivity index (χ4n) is 2.90. The molecule has 5 nitrogen and oxygen atoms in total. The molecule has 2 aromatic carbocycles. The maximum absolute atomic E-state index is 13.7. The SMILES string of the molecule is Cc1cc(C(=O)O)ccc1-n1c(C)cc(OCc2ccc(F)cc2F)cc1=O. The molecular weight excluding hydrogens is 368 g/mol. The van der Waals surface area contributed by atoms with Crippen molar-refractivity contribution < 1.29 is 23.4 Å². The Balaban J connectivity index is 1.89. The number of benzene rings is 2. The molecule has 0 saturated heterocycles. The zero-order chi connectivity index (χ0) is 20.4. The van der Waals surface area contributed by atoms with E-state index in [1.54, 1.807) is 26.0 Å². The summed E-state index contributed by atoms with van der Waals surface area (Å²) >= 11 is 0. The summed E-state index contributed by atoms with van der Waals surface area (Å²) in [4.78, 5) is 23.7. The van der Waals surface area contributed by atoms with E-state index in [9.17, 15) is 18.4 Å². The van der Waals surface area contributed by atoms with E-state index < -0.39 is 17.6 Å². The molecule has 0 unspecified atom stereocenters. The zero-order valence-corrected chi connectivity index (χ0v) is 15.2. The monoisotopic (exact) mass is 385 g/mol. The summed E-state index contributed by atoms with van der Waals surface area (Å²) in [7, 11) is 0. The Morgan fingerprint density at radius 3 is 2.43 bits per heavy atom. The highest BCUT2D eigenvalue weighted by molar-refractivity contribution is 5.88. The molecule has 1 aromatic heterocycles. The average Bonchev–Trinajstić information content (AvgIpc) is 2.61. The Hall–Kier alpha value is -3.48. The second-order valence-corrected chi connectivity index (χ2v) is 6.34. The van der Waals surface area contributed by atoms with Crippen LogP contribution >= 0.6 is 0 Å². The molecule has 3 rings (SSSR count). The lowest BCUT2D eigenvalue weighted by Gasteiger charge is -2.15. The molecule has 0 spiro atoms. The third-order valence-corrected chi connectivity index (χ3v) is 4.28. The third-order valence-electron chi connectivity index (χ3n) is 4.28. The van der Waals surface area contributed by atoms with Gasteiger partial charge in [-0.3, -0.25) is 9.36 Å². The molecule has 0 aliphatic heterocycles. The van der Waals surface area contributed by atoms with Gasteiger partial charge in [-0.1, -0.05) is 0 Å². The molecule has 0 bridgehead atoms. The largest absolute Gasteiger partial charge is 0.489 e. The number of aromatic nitrogens is 1. The Morgan fingerprint density at radius 2 is 1.82 bits per heavy atom. The molecule has 0 atom stereocenters. The van der Waals surface area contributed by atoms with Crippen LogP contribution in [0.15, 0.2) is 53.3 Å². The second kappa shape index (κ2) is 7.64. The molecule has 0 radical (unpaired) electrons. The molecule has 1 N–H and O–H groups in total. The number of hydrogen-bond donors (Lipinski definition) is 1. The van der Waals surface area contributed by atoms with Gasteiger partial charge >= 0.3 is 5.97 Å². The fraction of sp³-hybridized carbons (Fsp3) is 0.143. The van der Waals surface area contributed by atoms with Gasteiger partial charge in [0.05, 0.1) is 11.3 Å². The van der Waals surface area contributed by atoms with Crippen LogP contribution in [0.3, 0.4) is 0 Å². The van der Waals surface area contributed by atoms with E-state index >= 15 is 0 Å². The second-order valence-electron chi connectivity index (χ2n) is 6.34. The molecule has 28 heavy (non-hydrogen) atoms. The van der Waals surface area contributed by atoms with Crippen molar-refractivity contribution in [3.63, 3.8) is 0 Å². The van der Waals surface area contributed by atoms with Crippen LogP contribution in [0.4, 0.5) is 8.78 Å². The average molecular weight is 385 g/mol. The van der Waals surface area contributed by atoms with Crippen molar-refractivity contribution in [2.24, 2.45) is 0 Å². The summed E-state index contributed by atoms with van der Waals surface area (Å²) < 4.78 is 33.6. The molecule has 0 saturated carbocycles. The molecule has 0 aliphatic carbocycles. The number of nitrogens with zero attached hydrogens (tertiary/aromatic N) is 1. The first-order valence-corrected chi connectivity index (χ1v) is 8.41. The standard InChI is InChI=1S/C21H17F2NO4/c1-12-7-14(21(26)27)4-6-19(12)24-13(2)8-17(10-20(24)25)28-11-15-3-5-16(22)9-18(15)23/h3-10H,11H2,1-2H3,(H,26,27). The number of aryl methyl sites for hydroxylation is 2. The van der Waals surface area contributed by atoms with Crippen molar-refractivity contribution in [3.8, 4) is 11.4 Å². The summed E-state index contributed by atoms with van der Waals surface area (Å²) in [5.41, 5.74) is 1.68. The lowest BCUT2D eigenvalue weighted by atomic mass is 10.1. The van der Waals surface area contributed by atoms with Crippen molar-refractivity contribution in [2.75, 3.05) is 0 Å². The smallest absolute Gasteiger partial charge is 0.335 e. The first-order valence-electron chi connectivity index (χ1n) is 8.41. The fourth-order valence-corrected chi connectivity index (χ4v) is 2.90. The van der Waals surface area contributed by atoms with E-state index in [4.69, 9.17) is 9.84 Å². The molecule has 0 aliphatic rings. The van der Waals surface area contributed by atoms with Gasteiger partial charge in [0, 0.05) is 29.5 Å². The Morgan fingerprint density at radius 1 is 1.07 bits per heavy atom. The topological polar surface area (TPSA) is 68.5 Å². The number of halogens is 2. The number of ether oxygens (including phenoxy) is 1. The number of pyridine rings is 1. The van der Waals surface area contributed by atoms with E-state index in [2.05, 4.69) is 0 Å². The van der Waals surface area contributed by atoms with Crippen molar-refractivity contribution in [3.05, 3.63) is 92.9 Å².